The maximum atomic E-state index is 12.3. The van der Waals surface area contributed by atoms with Gasteiger partial charge in [0.1, 0.15) is 0 Å². The van der Waals surface area contributed by atoms with Gasteiger partial charge in [0.25, 0.3) is 5.91 Å². The van der Waals surface area contributed by atoms with Gasteiger partial charge in [-0.2, -0.15) is 0 Å². The summed E-state index contributed by atoms with van der Waals surface area (Å²) >= 11 is 0. The van der Waals surface area contributed by atoms with Crippen molar-refractivity contribution in [1.29, 1.82) is 0 Å². The number of amides is 1. The average Bonchev–Trinajstić information content (AvgIpc) is 2.47. The molecule has 0 unspecified atom stereocenters. The van der Waals surface area contributed by atoms with E-state index < -0.39 is 0 Å². The first-order valence-corrected chi connectivity index (χ1v) is 6.37. The number of hydrogen-bond donors (Lipinski definition) is 2. The van der Waals surface area contributed by atoms with Gasteiger partial charge < -0.3 is 15.8 Å². The Labute approximate surface area is 122 Å². The highest BCUT2D eigenvalue weighted by Gasteiger charge is 2.14. The largest absolute Gasteiger partial charge is 0.494 e. The molecular weight excluding hydrogens is 268 g/mol. The van der Waals surface area contributed by atoms with Crippen LogP contribution < -0.4 is 15.8 Å². The van der Waals surface area contributed by atoms with Crippen molar-refractivity contribution in [1.82, 2.24) is 0 Å². The van der Waals surface area contributed by atoms with Gasteiger partial charge in [-0.05, 0) is 31.2 Å². The summed E-state index contributed by atoms with van der Waals surface area (Å²) in [5.41, 5.74) is 7.58. The van der Waals surface area contributed by atoms with Crippen LogP contribution in [0, 0.1) is 0 Å². The fourth-order valence-corrected chi connectivity index (χ4v) is 1.98. The molecule has 0 aromatic heterocycles. The molecule has 1 amide bonds. The van der Waals surface area contributed by atoms with Crippen molar-refractivity contribution < 1.29 is 14.3 Å². The topological polar surface area (TPSA) is 81.4 Å². The van der Waals surface area contributed by atoms with E-state index >= 15 is 0 Å². The molecule has 0 aliphatic rings. The van der Waals surface area contributed by atoms with Gasteiger partial charge in [0.2, 0.25) is 0 Å². The third-order valence-corrected chi connectivity index (χ3v) is 3.02. The molecule has 2 aromatic rings. The highest BCUT2D eigenvalue weighted by atomic mass is 16.5. The van der Waals surface area contributed by atoms with E-state index in [0.717, 1.165) is 0 Å². The quantitative estimate of drug-likeness (QED) is 0.668. The van der Waals surface area contributed by atoms with Crippen molar-refractivity contribution in [2.24, 2.45) is 0 Å². The van der Waals surface area contributed by atoms with Gasteiger partial charge in [-0.25, -0.2) is 0 Å². The molecule has 0 bridgehead atoms. The highest BCUT2D eigenvalue weighted by Crippen LogP contribution is 2.26. The van der Waals surface area contributed by atoms with Crippen LogP contribution in [0.2, 0.25) is 0 Å². The van der Waals surface area contributed by atoms with E-state index in [4.69, 9.17) is 10.5 Å². The Kier molecular flexibility index (Phi) is 4.23. The number of ether oxygens (including phenoxy) is 1. The van der Waals surface area contributed by atoms with E-state index in [-0.39, 0.29) is 11.7 Å². The van der Waals surface area contributed by atoms with Gasteiger partial charge in [-0.3, -0.25) is 9.59 Å². The van der Waals surface area contributed by atoms with Gasteiger partial charge in [-0.1, -0.05) is 18.2 Å². The smallest absolute Gasteiger partial charge is 0.259 e. The number of nitrogen functional groups attached to an aromatic ring is 1. The SMILES string of the molecule is COc1c(N)cccc1C(=O)Nc1cccc(C(C)=O)c1. The van der Waals surface area contributed by atoms with Crippen LogP contribution in [0.25, 0.3) is 0 Å². The lowest BCUT2D eigenvalue weighted by molar-refractivity contribution is 0.101. The lowest BCUT2D eigenvalue weighted by atomic mass is 10.1. The van der Waals surface area contributed by atoms with Crippen molar-refractivity contribution >= 4 is 23.1 Å². The molecule has 108 valence electrons. The molecule has 0 atom stereocenters. The van der Waals surface area contributed by atoms with Crippen LogP contribution in [-0.2, 0) is 0 Å². The maximum Gasteiger partial charge on any atom is 0.259 e. The van der Waals surface area contributed by atoms with Gasteiger partial charge in [0.15, 0.2) is 11.5 Å². The van der Waals surface area contributed by atoms with E-state index in [1.54, 1.807) is 42.5 Å². The summed E-state index contributed by atoms with van der Waals surface area (Å²) in [4.78, 5) is 23.6. The Morgan fingerprint density at radius 3 is 2.52 bits per heavy atom. The van der Waals surface area contributed by atoms with Crippen molar-refractivity contribution in [3.8, 4) is 5.75 Å². The van der Waals surface area contributed by atoms with Crippen molar-refractivity contribution in [3.63, 3.8) is 0 Å². The molecule has 2 aromatic carbocycles. The second-order valence-electron chi connectivity index (χ2n) is 4.52. The molecule has 2 rings (SSSR count). The number of methoxy groups -OCH3 is 1. The van der Waals surface area contributed by atoms with Crippen LogP contribution in [0.3, 0.4) is 0 Å². The van der Waals surface area contributed by atoms with Crippen LogP contribution >= 0.6 is 0 Å². The first-order valence-electron chi connectivity index (χ1n) is 6.37. The Morgan fingerprint density at radius 2 is 1.86 bits per heavy atom. The number of anilines is 2. The number of ketones is 1. The van der Waals surface area contributed by atoms with Crippen LogP contribution in [-0.4, -0.2) is 18.8 Å². The number of nitrogens with two attached hydrogens (primary N) is 1. The molecule has 0 spiro atoms. The average molecular weight is 284 g/mol. The second-order valence-corrected chi connectivity index (χ2v) is 4.52. The molecule has 5 heteroatoms. The normalized spacial score (nSPS) is 10.0. The Morgan fingerprint density at radius 1 is 1.14 bits per heavy atom. The predicted octanol–water partition coefficient (Wildman–Crippen LogP) is 2.73. The number of benzene rings is 2. The monoisotopic (exact) mass is 284 g/mol. The molecule has 0 radical (unpaired) electrons. The second kappa shape index (κ2) is 6.09. The summed E-state index contributed by atoms with van der Waals surface area (Å²) < 4.78 is 5.16. The van der Waals surface area contributed by atoms with Crippen molar-refractivity contribution in [2.75, 3.05) is 18.2 Å². The maximum absolute atomic E-state index is 12.3. The molecule has 0 saturated heterocycles. The Balaban J connectivity index is 2.28. The van der Waals surface area contributed by atoms with E-state index in [0.29, 0.717) is 28.3 Å². The number of carbonyl (C=O) groups excluding carboxylic acids is 2. The molecule has 0 heterocycles. The number of nitrogens with one attached hydrogen (secondary N) is 1. The third-order valence-electron chi connectivity index (χ3n) is 3.02. The number of carbonyl (C=O) groups is 2. The summed E-state index contributed by atoms with van der Waals surface area (Å²) in [6.45, 7) is 1.47. The molecule has 0 saturated carbocycles. The minimum Gasteiger partial charge on any atom is -0.494 e. The van der Waals surface area contributed by atoms with Crippen LogP contribution in [0.5, 0.6) is 5.75 Å². The highest BCUT2D eigenvalue weighted by molar-refractivity contribution is 6.07. The summed E-state index contributed by atoms with van der Waals surface area (Å²) in [5, 5.41) is 2.73. The van der Waals surface area contributed by atoms with Gasteiger partial charge in [0.05, 0.1) is 18.4 Å². The predicted molar refractivity (Wildman–Crippen MR) is 81.8 cm³/mol. The third kappa shape index (κ3) is 3.20. The molecule has 3 N–H and O–H groups in total. The fourth-order valence-electron chi connectivity index (χ4n) is 1.98. The molecule has 0 fully saturated rings. The number of hydrogen-bond acceptors (Lipinski definition) is 4. The minimum absolute atomic E-state index is 0.0624. The number of Topliss-reactive ketones (excluding diaryl/α,β-unsaturated/α-hetero) is 1. The lowest BCUT2D eigenvalue weighted by Crippen LogP contribution is -2.14. The first-order chi connectivity index (χ1) is 10.0. The fraction of sp³-hybridized carbons (Fsp3) is 0.125. The Hall–Kier alpha value is -2.82. The summed E-state index contributed by atoms with van der Waals surface area (Å²) in [5.74, 6) is -0.0785. The zero-order valence-corrected chi connectivity index (χ0v) is 11.8. The molecule has 5 nitrogen and oxygen atoms in total. The molecular formula is C16H16N2O3. The molecule has 0 aliphatic carbocycles. The van der Waals surface area contributed by atoms with E-state index in [1.807, 2.05) is 0 Å². The summed E-state index contributed by atoms with van der Waals surface area (Å²) in [6.07, 6.45) is 0. The summed E-state index contributed by atoms with van der Waals surface area (Å²) in [6, 6.07) is 11.7. The van der Waals surface area contributed by atoms with E-state index in [2.05, 4.69) is 5.32 Å². The van der Waals surface area contributed by atoms with Crippen molar-refractivity contribution in [2.45, 2.75) is 6.92 Å². The Bertz CT molecular complexity index is 696. The number of rotatable bonds is 4. The first kappa shape index (κ1) is 14.6. The minimum atomic E-state index is -0.347. The van der Waals surface area contributed by atoms with E-state index in [9.17, 15) is 9.59 Å². The zero-order chi connectivity index (χ0) is 15.4. The van der Waals surface area contributed by atoms with Crippen LogP contribution in [0.1, 0.15) is 27.6 Å². The zero-order valence-electron chi connectivity index (χ0n) is 11.8. The standard InChI is InChI=1S/C16H16N2O3/c1-10(19)11-5-3-6-12(9-11)18-16(20)13-7-4-8-14(17)15(13)21-2/h3-9H,17H2,1-2H3,(H,18,20). The van der Waals surface area contributed by atoms with Crippen LogP contribution in [0.15, 0.2) is 42.5 Å². The molecule has 21 heavy (non-hydrogen) atoms. The molecule has 0 aliphatic heterocycles. The van der Waals surface area contributed by atoms with Gasteiger partial charge in [-0.15, -0.1) is 0 Å². The number of para-hydroxylation sites is 1. The van der Waals surface area contributed by atoms with Crippen LogP contribution in [0.4, 0.5) is 11.4 Å². The summed E-state index contributed by atoms with van der Waals surface area (Å²) in [7, 11) is 1.46. The van der Waals surface area contributed by atoms with Gasteiger partial charge >= 0.3 is 0 Å². The van der Waals surface area contributed by atoms with Gasteiger partial charge in [0, 0.05) is 11.3 Å². The van der Waals surface area contributed by atoms with E-state index in [1.165, 1.54) is 14.0 Å². The van der Waals surface area contributed by atoms with Crippen molar-refractivity contribution in [3.05, 3.63) is 53.6 Å². The lowest BCUT2D eigenvalue weighted by Gasteiger charge is -2.11.